The van der Waals surface area contributed by atoms with Gasteiger partial charge in [0, 0.05) is 6.54 Å². The lowest BCUT2D eigenvalue weighted by Gasteiger charge is -2.12. The molecule has 0 saturated heterocycles. The summed E-state index contributed by atoms with van der Waals surface area (Å²) in [5.41, 5.74) is 1.02. The molecule has 7 nitrogen and oxygen atoms in total. The van der Waals surface area contributed by atoms with Gasteiger partial charge in [0.1, 0.15) is 5.39 Å². The number of aromatic nitrogens is 4. The Morgan fingerprint density at radius 2 is 2.00 bits per heavy atom. The molecule has 2 N–H and O–H groups in total. The van der Waals surface area contributed by atoms with E-state index in [4.69, 9.17) is 0 Å². The summed E-state index contributed by atoms with van der Waals surface area (Å²) in [6.07, 6.45) is 1.50. The average Bonchev–Trinajstić information content (AvgIpc) is 3.04. The van der Waals surface area contributed by atoms with Crippen LogP contribution in [0.25, 0.3) is 16.7 Å². The zero-order chi connectivity index (χ0) is 18.7. The molecule has 0 aliphatic carbocycles. The number of amides is 1. The van der Waals surface area contributed by atoms with Crippen LogP contribution >= 0.6 is 11.8 Å². The number of aromatic amines is 1. The quantitative estimate of drug-likeness (QED) is 0.513. The van der Waals surface area contributed by atoms with E-state index in [1.807, 2.05) is 44.2 Å². The Kier molecular flexibility index (Phi) is 5.41. The summed E-state index contributed by atoms with van der Waals surface area (Å²) in [5.74, 6) is 0.300. The first-order valence-corrected chi connectivity index (χ1v) is 9.31. The number of hydrogen-bond donors (Lipinski definition) is 2. The molecule has 0 spiro atoms. The summed E-state index contributed by atoms with van der Waals surface area (Å²) in [6, 6.07) is 9.49. The van der Waals surface area contributed by atoms with Crippen molar-refractivity contribution in [3.63, 3.8) is 0 Å². The van der Waals surface area contributed by atoms with Crippen molar-refractivity contribution >= 4 is 28.7 Å². The fourth-order valence-corrected chi connectivity index (χ4v) is 3.20. The van der Waals surface area contributed by atoms with E-state index in [0.717, 1.165) is 5.69 Å². The Bertz CT molecular complexity index is 965. The second-order valence-electron chi connectivity index (χ2n) is 6.40. The van der Waals surface area contributed by atoms with Crippen LogP contribution in [0.3, 0.4) is 0 Å². The minimum atomic E-state index is -0.373. The van der Waals surface area contributed by atoms with Crippen LogP contribution in [-0.4, -0.2) is 37.5 Å². The molecule has 8 heteroatoms. The van der Waals surface area contributed by atoms with Crippen molar-refractivity contribution in [2.24, 2.45) is 5.92 Å². The highest BCUT2D eigenvalue weighted by Gasteiger charge is 2.18. The van der Waals surface area contributed by atoms with Crippen molar-refractivity contribution in [1.29, 1.82) is 0 Å². The molecule has 2 heterocycles. The van der Waals surface area contributed by atoms with Gasteiger partial charge in [-0.3, -0.25) is 9.59 Å². The molecule has 0 aliphatic rings. The Labute approximate surface area is 155 Å². The number of carbonyl (C=O) groups excluding carboxylic acids is 1. The van der Waals surface area contributed by atoms with Crippen LogP contribution in [-0.2, 0) is 4.79 Å². The van der Waals surface area contributed by atoms with Gasteiger partial charge >= 0.3 is 0 Å². The number of hydrogen-bond acceptors (Lipinski definition) is 5. The molecule has 0 radical (unpaired) electrons. The summed E-state index contributed by atoms with van der Waals surface area (Å²) in [5, 5.41) is 7.60. The Morgan fingerprint density at radius 3 is 2.69 bits per heavy atom. The van der Waals surface area contributed by atoms with Gasteiger partial charge in [-0.05, 0) is 25.0 Å². The highest BCUT2D eigenvalue weighted by Crippen LogP contribution is 2.21. The third kappa shape index (κ3) is 3.96. The third-order valence-electron chi connectivity index (χ3n) is 3.76. The topological polar surface area (TPSA) is 92.7 Å². The number of H-pyrrole nitrogens is 1. The predicted octanol–water partition coefficient (Wildman–Crippen LogP) is 2.36. The van der Waals surface area contributed by atoms with E-state index < -0.39 is 0 Å². The second kappa shape index (κ2) is 7.74. The van der Waals surface area contributed by atoms with E-state index in [9.17, 15) is 9.59 Å². The van der Waals surface area contributed by atoms with Crippen molar-refractivity contribution in [3.8, 4) is 5.69 Å². The maximum Gasteiger partial charge on any atom is 0.262 e. The maximum atomic E-state index is 12.3. The first kappa shape index (κ1) is 18.2. The van der Waals surface area contributed by atoms with Crippen LogP contribution in [0.4, 0.5) is 0 Å². The summed E-state index contributed by atoms with van der Waals surface area (Å²) >= 11 is 1.22. The fourth-order valence-electron chi connectivity index (χ4n) is 2.38. The average molecular weight is 371 g/mol. The summed E-state index contributed by atoms with van der Waals surface area (Å²) in [7, 11) is 0. The van der Waals surface area contributed by atoms with Gasteiger partial charge in [0.05, 0.1) is 17.1 Å². The number of fused-ring (bicyclic) bond motifs is 1. The molecule has 3 aromatic rings. The second-order valence-corrected chi connectivity index (χ2v) is 7.73. The van der Waals surface area contributed by atoms with Crippen LogP contribution in [0, 0.1) is 5.92 Å². The molecule has 0 saturated carbocycles. The number of nitrogens with one attached hydrogen (secondary N) is 2. The lowest BCUT2D eigenvalue weighted by molar-refractivity contribution is -0.120. The zero-order valence-corrected chi connectivity index (χ0v) is 15.7. The van der Waals surface area contributed by atoms with Crippen molar-refractivity contribution in [2.75, 3.05) is 6.54 Å². The van der Waals surface area contributed by atoms with E-state index in [1.54, 1.807) is 11.6 Å². The lowest BCUT2D eigenvalue weighted by Crippen LogP contribution is -2.33. The van der Waals surface area contributed by atoms with Gasteiger partial charge in [-0.25, -0.2) is 9.67 Å². The largest absolute Gasteiger partial charge is 0.355 e. The highest BCUT2D eigenvalue weighted by molar-refractivity contribution is 8.00. The molecule has 1 atom stereocenters. The monoisotopic (exact) mass is 371 g/mol. The Hall–Kier alpha value is -2.61. The van der Waals surface area contributed by atoms with Crippen LogP contribution < -0.4 is 10.9 Å². The van der Waals surface area contributed by atoms with E-state index in [-0.39, 0.29) is 16.7 Å². The number of thioether (sulfide) groups is 1. The number of benzene rings is 1. The number of rotatable bonds is 6. The molecule has 0 unspecified atom stereocenters. The van der Waals surface area contributed by atoms with Gasteiger partial charge in [0.25, 0.3) is 5.56 Å². The number of para-hydroxylation sites is 1. The first-order chi connectivity index (χ1) is 12.5. The molecule has 0 fully saturated rings. The molecule has 0 aliphatic heterocycles. The minimum Gasteiger partial charge on any atom is -0.355 e. The lowest BCUT2D eigenvalue weighted by atomic mass is 10.2. The summed E-state index contributed by atoms with van der Waals surface area (Å²) < 4.78 is 1.62. The van der Waals surface area contributed by atoms with Crippen LogP contribution in [0.15, 0.2) is 46.5 Å². The van der Waals surface area contributed by atoms with Gasteiger partial charge in [-0.2, -0.15) is 5.10 Å². The Balaban J connectivity index is 1.88. The van der Waals surface area contributed by atoms with Gasteiger partial charge < -0.3 is 10.3 Å². The molecular weight excluding hydrogens is 350 g/mol. The van der Waals surface area contributed by atoms with E-state index in [0.29, 0.717) is 28.7 Å². The summed E-state index contributed by atoms with van der Waals surface area (Å²) in [6.45, 7) is 6.48. The molecular formula is C18H21N5O2S. The standard InChI is InChI=1S/C18H21N5O2S/c1-11(2)9-19-16(24)12(3)26-18-21-15-14(17(25)22-18)10-20-23(15)13-7-5-4-6-8-13/h4-8,10-12H,9H2,1-3H3,(H,19,24)(H,21,22,25)/t12-/m0/s1. The predicted molar refractivity (Wildman–Crippen MR) is 103 cm³/mol. The SMILES string of the molecule is CC(C)CNC(=O)[C@H](C)Sc1nc2c(cnn2-c2ccccc2)c(=O)[nH]1. The molecule has 0 bridgehead atoms. The maximum absolute atomic E-state index is 12.3. The van der Waals surface area contributed by atoms with Gasteiger partial charge in [-0.1, -0.05) is 43.8 Å². The van der Waals surface area contributed by atoms with Crippen molar-refractivity contribution < 1.29 is 4.79 Å². The third-order valence-corrected chi connectivity index (χ3v) is 4.74. The first-order valence-electron chi connectivity index (χ1n) is 8.43. The fraction of sp³-hybridized carbons (Fsp3) is 0.333. The minimum absolute atomic E-state index is 0.0805. The molecule has 2 aromatic heterocycles. The molecule has 3 rings (SSSR count). The van der Waals surface area contributed by atoms with Crippen LogP contribution in [0.5, 0.6) is 0 Å². The highest BCUT2D eigenvalue weighted by atomic mass is 32.2. The normalized spacial score (nSPS) is 12.5. The summed E-state index contributed by atoms with van der Waals surface area (Å²) in [4.78, 5) is 31.8. The van der Waals surface area contributed by atoms with Gasteiger partial charge in [0.15, 0.2) is 10.8 Å². The van der Waals surface area contributed by atoms with Crippen molar-refractivity contribution in [2.45, 2.75) is 31.2 Å². The van der Waals surface area contributed by atoms with E-state index in [1.165, 1.54) is 18.0 Å². The Morgan fingerprint density at radius 1 is 1.27 bits per heavy atom. The van der Waals surface area contributed by atoms with Crippen LogP contribution in [0.2, 0.25) is 0 Å². The van der Waals surface area contributed by atoms with Gasteiger partial charge in [-0.15, -0.1) is 0 Å². The molecule has 1 aromatic carbocycles. The smallest absolute Gasteiger partial charge is 0.262 e. The van der Waals surface area contributed by atoms with Crippen molar-refractivity contribution in [1.82, 2.24) is 25.1 Å². The van der Waals surface area contributed by atoms with E-state index in [2.05, 4.69) is 20.4 Å². The van der Waals surface area contributed by atoms with Crippen molar-refractivity contribution in [3.05, 3.63) is 46.9 Å². The van der Waals surface area contributed by atoms with Crippen LogP contribution in [0.1, 0.15) is 20.8 Å². The molecule has 26 heavy (non-hydrogen) atoms. The van der Waals surface area contributed by atoms with E-state index >= 15 is 0 Å². The molecule has 1 amide bonds. The molecule has 136 valence electrons. The van der Waals surface area contributed by atoms with Gasteiger partial charge in [0.2, 0.25) is 5.91 Å². The zero-order valence-electron chi connectivity index (χ0n) is 14.9. The number of nitrogens with zero attached hydrogens (tertiary/aromatic N) is 3. The number of carbonyl (C=O) groups is 1.